The van der Waals surface area contributed by atoms with Gasteiger partial charge in [-0.2, -0.15) is 5.10 Å². The quantitative estimate of drug-likeness (QED) is 0.701. The Bertz CT molecular complexity index is 538. The highest BCUT2D eigenvalue weighted by Crippen LogP contribution is 2.19. The molecule has 2 heterocycles. The highest BCUT2D eigenvalue weighted by Gasteiger charge is 2.14. The van der Waals surface area contributed by atoms with Crippen molar-refractivity contribution in [3.05, 3.63) is 34.9 Å². The number of aromatic nitrogens is 2. The van der Waals surface area contributed by atoms with E-state index in [0.29, 0.717) is 0 Å². The van der Waals surface area contributed by atoms with Gasteiger partial charge in [0.05, 0.1) is 12.1 Å². The standard InChI is InChI=1S/C9H6ClFN2O2/c1-15-9(14)6-4-7-8(11)5(10)2-3-13(7)12-6/h2-4H,1H3. The van der Waals surface area contributed by atoms with Crippen molar-refractivity contribution in [2.75, 3.05) is 7.11 Å². The Kier molecular flexibility index (Phi) is 2.32. The lowest BCUT2D eigenvalue weighted by Crippen LogP contribution is -2.01. The van der Waals surface area contributed by atoms with E-state index in [1.165, 1.54) is 30.0 Å². The van der Waals surface area contributed by atoms with E-state index in [2.05, 4.69) is 9.84 Å². The lowest BCUT2D eigenvalue weighted by molar-refractivity contribution is 0.0593. The number of carbonyl (C=O) groups excluding carboxylic acids is 1. The normalized spacial score (nSPS) is 10.6. The summed E-state index contributed by atoms with van der Waals surface area (Å²) in [6.07, 6.45) is 1.47. The van der Waals surface area contributed by atoms with Crippen molar-refractivity contribution in [3.8, 4) is 0 Å². The van der Waals surface area contributed by atoms with E-state index < -0.39 is 11.8 Å². The Labute approximate surface area is 89.2 Å². The summed E-state index contributed by atoms with van der Waals surface area (Å²) >= 11 is 5.58. The Morgan fingerprint density at radius 1 is 1.67 bits per heavy atom. The fraction of sp³-hybridized carbons (Fsp3) is 0.111. The van der Waals surface area contributed by atoms with Crippen LogP contribution in [0.25, 0.3) is 5.52 Å². The summed E-state index contributed by atoms with van der Waals surface area (Å²) in [5.41, 5.74) is 0.182. The van der Waals surface area contributed by atoms with Gasteiger partial charge >= 0.3 is 5.97 Å². The van der Waals surface area contributed by atoms with E-state index in [4.69, 9.17) is 11.6 Å². The topological polar surface area (TPSA) is 43.6 Å². The van der Waals surface area contributed by atoms with Gasteiger partial charge in [-0.25, -0.2) is 13.7 Å². The van der Waals surface area contributed by atoms with Crippen molar-refractivity contribution < 1.29 is 13.9 Å². The molecule has 0 atom stereocenters. The van der Waals surface area contributed by atoms with Gasteiger partial charge in [0, 0.05) is 12.3 Å². The average Bonchev–Trinajstić information content (AvgIpc) is 2.67. The lowest BCUT2D eigenvalue weighted by Gasteiger charge is -1.95. The minimum Gasteiger partial charge on any atom is -0.464 e. The maximum atomic E-state index is 13.4. The highest BCUT2D eigenvalue weighted by molar-refractivity contribution is 6.31. The molecule has 4 nitrogen and oxygen atoms in total. The minimum atomic E-state index is -0.616. The summed E-state index contributed by atoms with van der Waals surface area (Å²) in [4.78, 5) is 11.1. The van der Waals surface area contributed by atoms with Crippen LogP contribution in [-0.4, -0.2) is 22.7 Å². The monoisotopic (exact) mass is 228 g/mol. The maximum absolute atomic E-state index is 13.4. The third-order valence-corrected chi connectivity index (χ3v) is 2.22. The summed E-state index contributed by atoms with van der Waals surface area (Å²) in [7, 11) is 1.23. The van der Waals surface area contributed by atoms with Crippen molar-refractivity contribution in [2.24, 2.45) is 0 Å². The first-order valence-electron chi connectivity index (χ1n) is 4.05. The fourth-order valence-electron chi connectivity index (χ4n) is 1.21. The van der Waals surface area contributed by atoms with Crippen molar-refractivity contribution in [1.29, 1.82) is 0 Å². The Hall–Kier alpha value is -1.62. The number of carbonyl (C=O) groups is 1. The van der Waals surface area contributed by atoms with E-state index in [0.717, 1.165) is 0 Å². The predicted octanol–water partition coefficient (Wildman–Crippen LogP) is 1.91. The summed E-state index contributed by atoms with van der Waals surface area (Å²) in [5.74, 6) is -1.23. The number of hydrogen-bond acceptors (Lipinski definition) is 3. The molecule has 0 saturated carbocycles. The van der Waals surface area contributed by atoms with Crippen LogP contribution in [0, 0.1) is 5.82 Å². The van der Waals surface area contributed by atoms with E-state index in [1.807, 2.05) is 0 Å². The molecule has 0 spiro atoms. The number of rotatable bonds is 1. The van der Waals surface area contributed by atoms with Crippen LogP contribution < -0.4 is 0 Å². The van der Waals surface area contributed by atoms with Crippen LogP contribution in [0.4, 0.5) is 4.39 Å². The number of ether oxygens (including phenoxy) is 1. The zero-order chi connectivity index (χ0) is 11.0. The molecular formula is C9H6ClFN2O2. The van der Waals surface area contributed by atoms with Gasteiger partial charge < -0.3 is 4.74 Å². The van der Waals surface area contributed by atoms with Gasteiger partial charge in [-0.3, -0.25) is 0 Å². The number of nitrogens with zero attached hydrogens (tertiary/aromatic N) is 2. The second-order valence-electron chi connectivity index (χ2n) is 2.83. The Morgan fingerprint density at radius 3 is 3.07 bits per heavy atom. The SMILES string of the molecule is COC(=O)c1cc2c(F)c(Cl)ccn2n1. The number of hydrogen-bond donors (Lipinski definition) is 0. The number of esters is 1. The molecule has 0 aromatic carbocycles. The molecule has 0 aliphatic rings. The largest absolute Gasteiger partial charge is 0.464 e. The molecule has 2 rings (SSSR count). The summed E-state index contributed by atoms with van der Waals surface area (Å²) < 4.78 is 19.1. The molecule has 0 amide bonds. The zero-order valence-corrected chi connectivity index (χ0v) is 8.45. The van der Waals surface area contributed by atoms with Crippen LogP contribution in [0.3, 0.4) is 0 Å². The number of pyridine rings is 1. The Morgan fingerprint density at radius 2 is 2.40 bits per heavy atom. The average molecular weight is 229 g/mol. The van der Waals surface area contributed by atoms with Gasteiger partial charge in [0.15, 0.2) is 11.5 Å². The van der Waals surface area contributed by atoms with Crippen LogP contribution in [0.2, 0.25) is 5.02 Å². The van der Waals surface area contributed by atoms with Crippen LogP contribution in [0.5, 0.6) is 0 Å². The fourth-order valence-corrected chi connectivity index (χ4v) is 1.36. The van der Waals surface area contributed by atoms with Gasteiger partial charge in [-0.1, -0.05) is 11.6 Å². The minimum absolute atomic E-state index is 0.0150. The number of halogens is 2. The molecule has 0 N–H and O–H groups in total. The molecule has 0 bridgehead atoms. The molecule has 0 aliphatic heterocycles. The van der Waals surface area contributed by atoms with E-state index in [9.17, 15) is 9.18 Å². The molecule has 15 heavy (non-hydrogen) atoms. The van der Waals surface area contributed by atoms with Gasteiger partial charge in [0.2, 0.25) is 0 Å². The smallest absolute Gasteiger partial charge is 0.358 e. The molecule has 0 saturated heterocycles. The second kappa shape index (κ2) is 3.51. The molecule has 6 heteroatoms. The van der Waals surface area contributed by atoms with E-state index >= 15 is 0 Å². The van der Waals surface area contributed by atoms with Gasteiger partial charge in [0.1, 0.15) is 5.52 Å². The lowest BCUT2D eigenvalue weighted by atomic mass is 10.3. The second-order valence-corrected chi connectivity index (χ2v) is 3.24. The van der Waals surface area contributed by atoms with E-state index in [-0.39, 0.29) is 16.2 Å². The molecule has 0 unspecified atom stereocenters. The number of methoxy groups -OCH3 is 1. The van der Waals surface area contributed by atoms with Crippen LogP contribution in [0.1, 0.15) is 10.5 Å². The van der Waals surface area contributed by atoms with Crippen molar-refractivity contribution in [2.45, 2.75) is 0 Å². The summed E-state index contributed by atoms with van der Waals surface area (Å²) in [6, 6.07) is 2.64. The van der Waals surface area contributed by atoms with Crippen LogP contribution in [-0.2, 0) is 4.74 Å². The Balaban J connectivity index is 2.66. The van der Waals surface area contributed by atoms with Crippen molar-refractivity contribution >= 4 is 23.1 Å². The van der Waals surface area contributed by atoms with Crippen LogP contribution >= 0.6 is 11.6 Å². The first-order chi connectivity index (χ1) is 7.13. The third kappa shape index (κ3) is 1.55. The molecule has 0 aliphatic carbocycles. The number of fused-ring (bicyclic) bond motifs is 1. The summed E-state index contributed by atoms with van der Waals surface area (Å²) in [5, 5.41) is 3.81. The van der Waals surface area contributed by atoms with Crippen molar-refractivity contribution in [1.82, 2.24) is 9.61 Å². The first kappa shape index (κ1) is 9.92. The molecule has 2 aromatic rings. The molecule has 2 aromatic heterocycles. The first-order valence-corrected chi connectivity index (χ1v) is 4.43. The molecule has 0 fully saturated rings. The van der Waals surface area contributed by atoms with Gasteiger partial charge in [-0.05, 0) is 6.07 Å². The van der Waals surface area contributed by atoms with E-state index in [1.54, 1.807) is 0 Å². The van der Waals surface area contributed by atoms with Gasteiger partial charge in [-0.15, -0.1) is 0 Å². The van der Waals surface area contributed by atoms with Crippen LogP contribution in [0.15, 0.2) is 18.3 Å². The highest BCUT2D eigenvalue weighted by atomic mass is 35.5. The zero-order valence-electron chi connectivity index (χ0n) is 7.70. The summed E-state index contributed by atoms with van der Waals surface area (Å²) in [6.45, 7) is 0. The van der Waals surface area contributed by atoms with Gasteiger partial charge in [0.25, 0.3) is 0 Å². The predicted molar refractivity (Wildman–Crippen MR) is 51.5 cm³/mol. The molecule has 0 radical (unpaired) electrons. The van der Waals surface area contributed by atoms with Crippen molar-refractivity contribution in [3.63, 3.8) is 0 Å². The molecular weight excluding hydrogens is 223 g/mol. The maximum Gasteiger partial charge on any atom is 0.358 e. The third-order valence-electron chi connectivity index (χ3n) is 1.93. The molecule has 78 valence electrons.